The molecule has 30 heavy (non-hydrogen) atoms. The van der Waals surface area contributed by atoms with E-state index in [1.54, 1.807) is 29.7 Å². The molecule has 0 atom stereocenters. The molecule has 0 fully saturated rings. The van der Waals surface area contributed by atoms with Crippen molar-refractivity contribution in [3.05, 3.63) is 69.5 Å². The number of imidazole rings is 1. The first-order chi connectivity index (χ1) is 14.4. The maximum Gasteiger partial charge on any atom is 0.356 e. The molecule has 2 aromatic carbocycles. The first-order valence-corrected chi connectivity index (χ1v) is 9.92. The number of aromatic carboxylic acids is 1. The van der Waals surface area contributed by atoms with Crippen molar-refractivity contribution in [2.24, 2.45) is 0 Å². The number of benzene rings is 2. The zero-order valence-corrected chi connectivity index (χ0v) is 17.6. The molecule has 0 saturated carbocycles. The Kier molecular flexibility index (Phi) is 6.79. The van der Waals surface area contributed by atoms with Crippen LogP contribution in [0.3, 0.4) is 0 Å². The zero-order chi connectivity index (χ0) is 21.7. The van der Waals surface area contributed by atoms with Gasteiger partial charge in [-0.15, -0.1) is 0 Å². The average molecular weight is 438 g/mol. The van der Waals surface area contributed by atoms with E-state index in [0.29, 0.717) is 40.0 Å². The van der Waals surface area contributed by atoms with Crippen LogP contribution in [0, 0.1) is 30.1 Å². The number of halogens is 2. The molecule has 1 heterocycles. The Morgan fingerprint density at radius 3 is 2.53 bits per heavy atom. The molecule has 1 N–H and O–H groups in total. The lowest BCUT2D eigenvalue weighted by molar-refractivity contribution is 0.0690. The van der Waals surface area contributed by atoms with E-state index in [9.17, 15) is 9.90 Å². The Morgan fingerprint density at radius 1 is 1.17 bits per heavy atom. The average Bonchev–Trinajstić information content (AvgIpc) is 3.05. The minimum Gasteiger partial charge on any atom is -0.476 e. The third kappa shape index (κ3) is 4.66. The van der Waals surface area contributed by atoms with E-state index in [1.165, 1.54) is 0 Å². The lowest BCUT2D eigenvalue weighted by Crippen LogP contribution is -2.02. The van der Waals surface area contributed by atoms with Crippen molar-refractivity contribution in [1.82, 2.24) is 9.55 Å². The van der Waals surface area contributed by atoms with E-state index in [-0.39, 0.29) is 5.69 Å². The Morgan fingerprint density at radius 2 is 1.90 bits per heavy atom. The lowest BCUT2D eigenvalue weighted by Gasteiger charge is -2.12. The second-order valence-electron chi connectivity index (χ2n) is 6.49. The summed E-state index contributed by atoms with van der Waals surface area (Å²) in [6, 6.07) is 14.5. The maximum atomic E-state index is 11.7. The Balaban J connectivity index is 2.03. The fourth-order valence-corrected chi connectivity index (χ4v) is 3.48. The topological polar surface area (TPSA) is 78.9 Å². The van der Waals surface area contributed by atoms with Crippen LogP contribution < -0.4 is 0 Å². The molecular formula is C23H17Cl2N3O2. The van der Waals surface area contributed by atoms with Gasteiger partial charge >= 0.3 is 5.97 Å². The largest absolute Gasteiger partial charge is 0.476 e. The predicted octanol–water partition coefficient (Wildman–Crippen LogP) is 5.90. The molecule has 0 saturated heterocycles. The number of rotatable bonds is 5. The monoisotopic (exact) mass is 437 g/mol. The number of aromatic nitrogens is 2. The molecule has 0 spiro atoms. The maximum absolute atomic E-state index is 11.7. The Labute approximate surface area is 184 Å². The van der Waals surface area contributed by atoms with Crippen LogP contribution in [0.2, 0.25) is 10.0 Å². The molecule has 3 rings (SSSR count). The number of hydrogen-bond donors (Lipinski definition) is 1. The highest BCUT2D eigenvalue weighted by molar-refractivity contribution is 6.36. The summed E-state index contributed by atoms with van der Waals surface area (Å²) < 4.78 is 1.75. The van der Waals surface area contributed by atoms with Crippen LogP contribution in [0.4, 0.5) is 0 Å². The van der Waals surface area contributed by atoms with Gasteiger partial charge in [-0.3, -0.25) is 4.57 Å². The number of unbranched alkanes of at least 4 members (excludes halogenated alkanes) is 2. The molecule has 0 radical (unpaired) electrons. The van der Waals surface area contributed by atoms with Gasteiger partial charge in [0.2, 0.25) is 0 Å². The van der Waals surface area contributed by atoms with Gasteiger partial charge in [-0.2, -0.15) is 5.26 Å². The molecule has 0 amide bonds. The highest BCUT2D eigenvalue weighted by atomic mass is 35.5. The van der Waals surface area contributed by atoms with Gasteiger partial charge < -0.3 is 5.11 Å². The summed E-state index contributed by atoms with van der Waals surface area (Å²) in [5.41, 5.74) is 2.59. The first-order valence-electron chi connectivity index (χ1n) is 9.16. The minimum atomic E-state index is -1.11. The van der Waals surface area contributed by atoms with Crippen LogP contribution in [0.15, 0.2) is 42.5 Å². The first kappa shape index (κ1) is 21.5. The van der Waals surface area contributed by atoms with Crippen LogP contribution >= 0.6 is 23.2 Å². The third-order valence-electron chi connectivity index (χ3n) is 4.43. The molecule has 0 unspecified atom stereocenters. The van der Waals surface area contributed by atoms with Gasteiger partial charge in [0, 0.05) is 34.7 Å². The quantitative estimate of drug-likeness (QED) is 0.398. The number of nitriles is 1. The summed E-state index contributed by atoms with van der Waals surface area (Å²) in [4.78, 5) is 16.0. The molecule has 7 heteroatoms. The fraction of sp³-hybridized carbons (Fsp3) is 0.174. The molecule has 0 aliphatic heterocycles. The predicted molar refractivity (Wildman–Crippen MR) is 117 cm³/mol. The molecule has 1 aromatic heterocycles. The standard InChI is InChI=1S/C23H17Cl2N3O2/c1-15-21(23(29)30)27-22(19-12-9-17(24)14-20(19)25)28(15)18-10-7-16(8-11-18)6-4-2-3-5-13-26/h7-12,14H,2-3,5H2,1H3,(H,29,30). The van der Waals surface area contributed by atoms with Crippen molar-refractivity contribution >= 4 is 29.2 Å². The number of carbonyl (C=O) groups is 1. The summed E-state index contributed by atoms with van der Waals surface area (Å²) in [5, 5.41) is 19.0. The van der Waals surface area contributed by atoms with Crippen molar-refractivity contribution in [3.8, 4) is 35.0 Å². The second kappa shape index (κ2) is 9.50. The smallest absolute Gasteiger partial charge is 0.356 e. The number of carboxylic acids is 1. The van der Waals surface area contributed by atoms with Gasteiger partial charge in [0.25, 0.3) is 0 Å². The highest BCUT2D eigenvalue weighted by Crippen LogP contribution is 2.33. The van der Waals surface area contributed by atoms with Gasteiger partial charge in [0.1, 0.15) is 5.82 Å². The van der Waals surface area contributed by atoms with Crippen molar-refractivity contribution in [3.63, 3.8) is 0 Å². The normalized spacial score (nSPS) is 10.2. The number of carboxylic acid groups (broad SMARTS) is 1. The summed E-state index contributed by atoms with van der Waals surface area (Å²) in [7, 11) is 0. The van der Waals surface area contributed by atoms with Crippen LogP contribution in [0.5, 0.6) is 0 Å². The van der Waals surface area contributed by atoms with E-state index in [1.807, 2.05) is 24.3 Å². The summed E-state index contributed by atoms with van der Waals surface area (Å²) in [6.07, 6.45) is 1.91. The molecule has 150 valence electrons. The molecular weight excluding hydrogens is 421 g/mol. The van der Waals surface area contributed by atoms with E-state index in [4.69, 9.17) is 28.5 Å². The van der Waals surface area contributed by atoms with Crippen molar-refractivity contribution < 1.29 is 9.90 Å². The van der Waals surface area contributed by atoms with Crippen molar-refractivity contribution in [2.45, 2.75) is 26.2 Å². The minimum absolute atomic E-state index is 0.0441. The van der Waals surface area contributed by atoms with Crippen LogP contribution in [0.25, 0.3) is 17.1 Å². The van der Waals surface area contributed by atoms with Crippen LogP contribution in [0.1, 0.15) is 41.0 Å². The molecule has 0 bridgehead atoms. The molecule has 5 nitrogen and oxygen atoms in total. The zero-order valence-electron chi connectivity index (χ0n) is 16.1. The fourth-order valence-electron chi connectivity index (χ4n) is 2.99. The Hall–Kier alpha value is -3.25. The van der Waals surface area contributed by atoms with E-state index in [2.05, 4.69) is 22.9 Å². The van der Waals surface area contributed by atoms with Gasteiger partial charge in [-0.05, 0) is 55.8 Å². The summed E-state index contributed by atoms with van der Waals surface area (Å²) in [5.74, 6) is 5.42. The van der Waals surface area contributed by atoms with E-state index < -0.39 is 5.97 Å². The van der Waals surface area contributed by atoms with Crippen LogP contribution in [-0.2, 0) is 0 Å². The van der Waals surface area contributed by atoms with Crippen molar-refractivity contribution in [1.29, 1.82) is 5.26 Å². The van der Waals surface area contributed by atoms with E-state index in [0.717, 1.165) is 17.7 Å². The number of hydrogen-bond acceptors (Lipinski definition) is 3. The number of nitrogens with zero attached hydrogens (tertiary/aromatic N) is 3. The summed E-state index contributed by atoms with van der Waals surface area (Å²) in [6.45, 7) is 1.70. The van der Waals surface area contributed by atoms with Crippen LogP contribution in [-0.4, -0.2) is 20.6 Å². The van der Waals surface area contributed by atoms with Gasteiger partial charge in [0.05, 0.1) is 16.8 Å². The SMILES string of the molecule is Cc1c(C(=O)O)nc(-c2ccc(Cl)cc2Cl)n1-c1ccc(C#CCCCC#N)cc1. The lowest BCUT2D eigenvalue weighted by atomic mass is 10.1. The molecule has 0 aliphatic rings. The third-order valence-corrected chi connectivity index (χ3v) is 4.98. The van der Waals surface area contributed by atoms with Gasteiger partial charge in [-0.1, -0.05) is 35.0 Å². The Bertz CT molecular complexity index is 1200. The second-order valence-corrected chi connectivity index (χ2v) is 7.34. The highest BCUT2D eigenvalue weighted by Gasteiger charge is 2.22. The summed E-state index contributed by atoms with van der Waals surface area (Å²) >= 11 is 12.4. The van der Waals surface area contributed by atoms with Gasteiger partial charge in [0.15, 0.2) is 5.69 Å². The molecule has 3 aromatic rings. The van der Waals surface area contributed by atoms with Crippen molar-refractivity contribution in [2.75, 3.05) is 0 Å². The van der Waals surface area contributed by atoms with Gasteiger partial charge in [-0.25, -0.2) is 9.78 Å². The van der Waals surface area contributed by atoms with E-state index >= 15 is 0 Å². The molecule has 0 aliphatic carbocycles.